The van der Waals surface area contributed by atoms with Crippen molar-refractivity contribution in [3.8, 4) is 0 Å². The van der Waals surface area contributed by atoms with Gasteiger partial charge in [-0.2, -0.15) is 0 Å². The predicted molar refractivity (Wildman–Crippen MR) is 108 cm³/mol. The average Bonchev–Trinajstić information content (AvgIpc) is 3.36. The lowest BCUT2D eigenvalue weighted by atomic mass is 9.85. The molecule has 4 atom stereocenters. The first-order valence-electron chi connectivity index (χ1n) is 10.2. The Labute approximate surface area is 166 Å². The number of hydrogen-bond donors (Lipinski definition) is 2. The maximum absolute atomic E-state index is 12.7. The van der Waals surface area contributed by atoms with Gasteiger partial charge in [0.15, 0.2) is 5.96 Å². The molecule has 1 aromatic carbocycles. The monoisotopic (exact) mass is 380 g/mol. The molecule has 0 aromatic heterocycles. The summed E-state index contributed by atoms with van der Waals surface area (Å²) in [5.41, 5.74) is 2.39. The maximum Gasteiger partial charge on any atom is 0.233 e. The molecule has 1 saturated carbocycles. The quantitative estimate of drug-likeness (QED) is 0.342. The number of carbonyl (C=O) groups excluding carboxylic acids is 2. The third-order valence-electron chi connectivity index (χ3n) is 6.20. The Morgan fingerprint density at radius 1 is 1.11 bits per heavy atom. The van der Waals surface area contributed by atoms with Crippen molar-refractivity contribution in [1.29, 1.82) is 0 Å². The van der Waals surface area contributed by atoms with Gasteiger partial charge in [0, 0.05) is 19.6 Å². The number of imide groups is 1. The summed E-state index contributed by atoms with van der Waals surface area (Å²) in [7, 11) is 0. The summed E-state index contributed by atoms with van der Waals surface area (Å²) in [5, 5.41) is 6.48. The number of allylic oxidation sites excluding steroid dienone is 2. The normalized spacial score (nSPS) is 28.2. The number of fused-ring (bicyclic) bond motifs is 5. The van der Waals surface area contributed by atoms with Crippen LogP contribution in [0, 0.1) is 30.6 Å². The van der Waals surface area contributed by atoms with Crippen molar-refractivity contribution in [3.63, 3.8) is 0 Å². The van der Waals surface area contributed by atoms with Crippen LogP contribution in [0.5, 0.6) is 0 Å². The molecule has 1 aromatic rings. The topological polar surface area (TPSA) is 73.8 Å². The molecule has 4 unspecified atom stereocenters. The lowest BCUT2D eigenvalue weighted by Gasteiger charge is -2.18. The van der Waals surface area contributed by atoms with Gasteiger partial charge in [0.05, 0.1) is 18.4 Å². The van der Waals surface area contributed by atoms with Crippen LogP contribution in [0.15, 0.2) is 41.4 Å². The van der Waals surface area contributed by atoms with Crippen LogP contribution < -0.4 is 10.6 Å². The molecule has 2 fully saturated rings. The number of hydrogen-bond acceptors (Lipinski definition) is 3. The highest BCUT2D eigenvalue weighted by molar-refractivity contribution is 6.06. The first-order valence-corrected chi connectivity index (χ1v) is 10.2. The standard InChI is InChI=1S/C22H28N4O2/c1-3-23-22(25-13-17-7-5-4-6-14(17)2)24-10-11-26-20(27)18-15-8-9-16(12-15)19(18)21(26)28/h4-9,15-16,18-19H,3,10-13H2,1-2H3,(H2,23,24,25). The lowest BCUT2D eigenvalue weighted by Crippen LogP contribution is -2.43. The molecule has 6 nitrogen and oxygen atoms in total. The van der Waals surface area contributed by atoms with Crippen molar-refractivity contribution in [3.05, 3.63) is 47.5 Å². The van der Waals surface area contributed by atoms with E-state index in [1.165, 1.54) is 16.0 Å². The predicted octanol–water partition coefficient (Wildman–Crippen LogP) is 1.86. The Kier molecular flexibility index (Phi) is 5.20. The first kappa shape index (κ1) is 18.7. The summed E-state index contributed by atoms with van der Waals surface area (Å²) in [4.78, 5) is 31.6. The fourth-order valence-corrected chi connectivity index (χ4v) is 4.76. The Morgan fingerprint density at radius 3 is 2.43 bits per heavy atom. The molecule has 2 N–H and O–H groups in total. The van der Waals surface area contributed by atoms with Gasteiger partial charge in [0.25, 0.3) is 0 Å². The van der Waals surface area contributed by atoms with Crippen LogP contribution >= 0.6 is 0 Å². The van der Waals surface area contributed by atoms with Crippen LogP contribution in [-0.4, -0.2) is 42.3 Å². The molecule has 1 saturated heterocycles. The maximum atomic E-state index is 12.7. The minimum atomic E-state index is -0.120. The van der Waals surface area contributed by atoms with E-state index in [9.17, 15) is 9.59 Å². The van der Waals surface area contributed by atoms with Gasteiger partial charge in [0.1, 0.15) is 0 Å². The molecule has 6 heteroatoms. The van der Waals surface area contributed by atoms with Gasteiger partial charge in [-0.25, -0.2) is 4.99 Å². The molecule has 2 bridgehead atoms. The number of amides is 2. The van der Waals surface area contributed by atoms with Crippen molar-refractivity contribution in [2.75, 3.05) is 19.6 Å². The molecule has 3 aliphatic rings. The zero-order valence-electron chi connectivity index (χ0n) is 16.5. The molecular weight excluding hydrogens is 352 g/mol. The highest BCUT2D eigenvalue weighted by Gasteiger charge is 2.58. The zero-order valence-corrected chi connectivity index (χ0v) is 16.5. The molecule has 2 amide bonds. The minimum Gasteiger partial charge on any atom is -0.357 e. The van der Waals surface area contributed by atoms with E-state index in [1.54, 1.807) is 0 Å². The second kappa shape index (κ2) is 7.78. The van der Waals surface area contributed by atoms with E-state index in [0.29, 0.717) is 25.6 Å². The van der Waals surface area contributed by atoms with Gasteiger partial charge in [-0.15, -0.1) is 0 Å². The highest BCUT2D eigenvalue weighted by Crippen LogP contribution is 2.52. The molecule has 1 aliphatic heterocycles. The smallest absolute Gasteiger partial charge is 0.233 e. The largest absolute Gasteiger partial charge is 0.357 e. The van der Waals surface area contributed by atoms with E-state index in [1.807, 2.05) is 19.1 Å². The molecule has 2 aliphatic carbocycles. The number of aryl methyl sites for hydroxylation is 1. The van der Waals surface area contributed by atoms with E-state index in [4.69, 9.17) is 0 Å². The van der Waals surface area contributed by atoms with Gasteiger partial charge in [-0.1, -0.05) is 36.4 Å². The minimum absolute atomic E-state index is 0.00972. The van der Waals surface area contributed by atoms with Gasteiger partial charge in [0.2, 0.25) is 11.8 Å². The number of rotatable bonds is 6. The van der Waals surface area contributed by atoms with Crippen molar-refractivity contribution in [1.82, 2.24) is 15.5 Å². The second-order valence-corrected chi connectivity index (χ2v) is 7.88. The molecule has 1 heterocycles. The molecular formula is C22H28N4O2. The zero-order chi connectivity index (χ0) is 19.7. The summed E-state index contributed by atoms with van der Waals surface area (Å²) in [6.07, 6.45) is 5.22. The van der Waals surface area contributed by atoms with E-state index in [2.05, 4.69) is 46.8 Å². The van der Waals surface area contributed by atoms with Crippen molar-refractivity contribution >= 4 is 17.8 Å². The van der Waals surface area contributed by atoms with E-state index in [0.717, 1.165) is 13.0 Å². The Bertz CT molecular complexity index is 802. The number of benzene rings is 1. The second-order valence-electron chi connectivity index (χ2n) is 7.88. The van der Waals surface area contributed by atoms with Crippen molar-refractivity contribution in [2.45, 2.75) is 26.8 Å². The number of carbonyl (C=O) groups is 2. The Hall–Kier alpha value is -2.63. The molecule has 0 spiro atoms. The average molecular weight is 380 g/mol. The summed E-state index contributed by atoms with van der Waals surface area (Å²) in [6.45, 7) is 6.32. The van der Waals surface area contributed by atoms with Gasteiger partial charge >= 0.3 is 0 Å². The number of likely N-dealkylation sites (tertiary alicyclic amines) is 1. The number of aliphatic imine (C=N–C) groups is 1. The Balaban J connectivity index is 1.34. The van der Waals surface area contributed by atoms with E-state index < -0.39 is 0 Å². The van der Waals surface area contributed by atoms with Gasteiger partial charge in [-0.3, -0.25) is 14.5 Å². The fraction of sp³-hybridized carbons (Fsp3) is 0.500. The van der Waals surface area contributed by atoms with E-state index >= 15 is 0 Å². The number of guanidine groups is 1. The van der Waals surface area contributed by atoms with Gasteiger partial charge in [-0.05, 0) is 43.2 Å². The SMILES string of the molecule is CCNC(=NCc1ccccc1C)NCCN1C(=O)C2C3C=CC(C3)C2C1=O. The third kappa shape index (κ3) is 3.32. The fourth-order valence-electron chi connectivity index (χ4n) is 4.76. The molecule has 4 rings (SSSR count). The van der Waals surface area contributed by atoms with Crippen LogP contribution in [0.25, 0.3) is 0 Å². The molecule has 148 valence electrons. The van der Waals surface area contributed by atoms with Crippen LogP contribution in [0.4, 0.5) is 0 Å². The number of nitrogens with one attached hydrogen (secondary N) is 2. The van der Waals surface area contributed by atoms with Gasteiger partial charge < -0.3 is 10.6 Å². The summed E-state index contributed by atoms with van der Waals surface area (Å²) < 4.78 is 0. The summed E-state index contributed by atoms with van der Waals surface area (Å²) in [5.74, 6) is 1.00. The van der Waals surface area contributed by atoms with Crippen molar-refractivity contribution in [2.24, 2.45) is 28.7 Å². The van der Waals surface area contributed by atoms with Crippen LogP contribution in [0.1, 0.15) is 24.5 Å². The lowest BCUT2D eigenvalue weighted by molar-refractivity contribution is -0.140. The Morgan fingerprint density at radius 2 is 1.79 bits per heavy atom. The van der Waals surface area contributed by atoms with Crippen molar-refractivity contribution < 1.29 is 9.59 Å². The molecule has 28 heavy (non-hydrogen) atoms. The van der Waals surface area contributed by atoms with Crippen LogP contribution in [0.2, 0.25) is 0 Å². The third-order valence-corrected chi connectivity index (χ3v) is 6.20. The van der Waals surface area contributed by atoms with Crippen LogP contribution in [-0.2, 0) is 16.1 Å². The number of nitrogens with zero attached hydrogens (tertiary/aromatic N) is 2. The molecule has 0 radical (unpaired) electrons. The first-order chi connectivity index (χ1) is 13.6. The summed E-state index contributed by atoms with van der Waals surface area (Å²) in [6, 6.07) is 8.19. The summed E-state index contributed by atoms with van der Waals surface area (Å²) >= 11 is 0. The van der Waals surface area contributed by atoms with Crippen LogP contribution in [0.3, 0.4) is 0 Å². The highest BCUT2D eigenvalue weighted by atomic mass is 16.2. The van der Waals surface area contributed by atoms with E-state index in [-0.39, 0.29) is 35.5 Å².